The Kier molecular flexibility index (Phi) is 4.78. The van der Waals surface area contributed by atoms with Crippen molar-refractivity contribution in [3.63, 3.8) is 0 Å². The maximum atomic E-state index is 13.6. The molecule has 1 saturated carbocycles. The third-order valence-electron chi connectivity index (χ3n) is 6.06. The lowest BCUT2D eigenvalue weighted by atomic mass is 9.78. The van der Waals surface area contributed by atoms with Crippen LogP contribution in [0, 0.1) is 6.92 Å². The molecule has 2 aliphatic heterocycles. The van der Waals surface area contributed by atoms with Crippen LogP contribution in [0.1, 0.15) is 56.2 Å². The average Bonchev–Trinajstić information content (AvgIpc) is 3.31. The van der Waals surface area contributed by atoms with Crippen molar-refractivity contribution in [2.24, 2.45) is 0 Å². The van der Waals surface area contributed by atoms with Gasteiger partial charge < -0.3 is 14.2 Å². The average molecular weight is 348 g/mol. The molecule has 1 aromatic heterocycles. The summed E-state index contributed by atoms with van der Waals surface area (Å²) in [6.45, 7) is 6.53. The van der Waals surface area contributed by atoms with E-state index in [0.29, 0.717) is 24.2 Å². The van der Waals surface area contributed by atoms with E-state index >= 15 is 0 Å². The van der Waals surface area contributed by atoms with E-state index in [4.69, 9.17) is 9.26 Å². The minimum Gasteiger partial charge on any atom is -0.379 e. The minimum absolute atomic E-state index is 0.176. The molecule has 2 saturated heterocycles. The van der Waals surface area contributed by atoms with Gasteiger partial charge in [0.2, 0.25) is 11.8 Å². The molecule has 3 heterocycles. The fraction of sp³-hybridized carbons (Fsp3) is 0.833. The predicted molar refractivity (Wildman–Crippen MR) is 91.2 cm³/mol. The molecule has 0 radical (unpaired) electrons. The van der Waals surface area contributed by atoms with Crippen molar-refractivity contribution >= 4 is 5.91 Å². The molecule has 4 rings (SSSR count). The van der Waals surface area contributed by atoms with Crippen molar-refractivity contribution in [1.29, 1.82) is 0 Å². The van der Waals surface area contributed by atoms with Gasteiger partial charge in [-0.05, 0) is 26.2 Å². The van der Waals surface area contributed by atoms with Gasteiger partial charge in [0.25, 0.3) is 0 Å². The van der Waals surface area contributed by atoms with Gasteiger partial charge in [0.05, 0.1) is 19.1 Å². The van der Waals surface area contributed by atoms with E-state index in [2.05, 4.69) is 15.0 Å². The number of amides is 1. The number of nitrogens with zero attached hydrogens (tertiary/aromatic N) is 4. The molecule has 3 fully saturated rings. The largest absolute Gasteiger partial charge is 0.379 e. The highest BCUT2D eigenvalue weighted by molar-refractivity contribution is 5.87. The van der Waals surface area contributed by atoms with Crippen molar-refractivity contribution in [2.45, 2.75) is 56.9 Å². The molecule has 1 atom stereocenters. The number of carbonyl (C=O) groups excluding carboxylic acids is 1. The Morgan fingerprint density at radius 3 is 2.60 bits per heavy atom. The molecule has 1 aromatic rings. The van der Waals surface area contributed by atoms with Gasteiger partial charge in [0.1, 0.15) is 5.54 Å². The number of aromatic nitrogens is 2. The summed E-state index contributed by atoms with van der Waals surface area (Å²) in [4.78, 5) is 22.4. The van der Waals surface area contributed by atoms with Gasteiger partial charge in [-0.15, -0.1) is 0 Å². The van der Waals surface area contributed by atoms with Crippen molar-refractivity contribution in [1.82, 2.24) is 19.9 Å². The number of aryl methyl sites for hydroxylation is 1. The summed E-state index contributed by atoms with van der Waals surface area (Å²) in [6.07, 6.45) is 6.39. The van der Waals surface area contributed by atoms with Gasteiger partial charge in [-0.1, -0.05) is 24.4 Å². The van der Waals surface area contributed by atoms with Gasteiger partial charge >= 0.3 is 0 Å². The second-order valence-corrected chi connectivity index (χ2v) is 7.61. The fourth-order valence-electron chi connectivity index (χ4n) is 4.71. The molecule has 25 heavy (non-hydrogen) atoms. The molecule has 0 spiro atoms. The number of likely N-dealkylation sites (tertiary alicyclic amines) is 1. The first kappa shape index (κ1) is 17.0. The molecule has 7 nitrogen and oxygen atoms in total. The normalized spacial score (nSPS) is 27.6. The summed E-state index contributed by atoms with van der Waals surface area (Å²) in [5, 5.41) is 3.90. The maximum Gasteiger partial charge on any atom is 0.243 e. The topological polar surface area (TPSA) is 71.7 Å². The lowest BCUT2D eigenvalue weighted by molar-refractivity contribution is -0.150. The zero-order valence-electron chi connectivity index (χ0n) is 15.1. The lowest BCUT2D eigenvalue weighted by Gasteiger charge is -2.48. The fourth-order valence-corrected chi connectivity index (χ4v) is 4.71. The number of morpholine rings is 1. The van der Waals surface area contributed by atoms with Crippen LogP contribution in [0.2, 0.25) is 0 Å². The zero-order valence-corrected chi connectivity index (χ0v) is 15.1. The van der Waals surface area contributed by atoms with Crippen LogP contribution in [0.15, 0.2) is 4.52 Å². The van der Waals surface area contributed by atoms with Crippen LogP contribution in [0.4, 0.5) is 0 Å². The van der Waals surface area contributed by atoms with Gasteiger partial charge in [-0.3, -0.25) is 9.69 Å². The van der Waals surface area contributed by atoms with Gasteiger partial charge in [0.15, 0.2) is 5.82 Å². The molecule has 1 amide bonds. The van der Waals surface area contributed by atoms with Gasteiger partial charge in [-0.2, -0.15) is 4.98 Å². The second-order valence-electron chi connectivity index (χ2n) is 7.61. The molecular formula is C18H28N4O3. The third-order valence-corrected chi connectivity index (χ3v) is 6.06. The van der Waals surface area contributed by atoms with E-state index in [9.17, 15) is 4.79 Å². The second kappa shape index (κ2) is 7.03. The Labute approximate surface area is 148 Å². The summed E-state index contributed by atoms with van der Waals surface area (Å²) in [6, 6.07) is 0. The predicted octanol–water partition coefficient (Wildman–Crippen LogP) is 1.73. The Hall–Kier alpha value is -1.47. The first-order valence-corrected chi connectivity index (χ1v) is 9.61. The van der Waals surface area contributed by atoms with Crippen LogP contribution in [0.25, 0.3) is 0 Å². The molecule has 0 N–H and O–H groups in total. The Morgan fingerprint density at radius 2 is 1.92 bits per heavy atom. The van der Waals surface area contributed by atoms with Crippen molar-refractivity contribution < 1.29 is 14.1 Å². The first-order valence-electron chi connectivity index (χ1n) is 9.61. The quantitative estimate of drug-likeness (QED) is 0.828. The summed E-state index contributed by atoms with van der Waals surface area (Å²) < 4.78 is 10.9. The number of ether oxygens (including phenoxy) is 1. The standard InChI is InChI=1S/C18H28N4O3/c1-14-19-16(25-20-14)15-5-8-21(13-15)17(23)18(6-3-2-4-7-18)22-9-11-24-12-10-22/h15H,2-13H2,1H3/t15-/m0/s1. The number of rotatable bonds is 3. The van der Waals surface area contributed by atoms with Crippen molar-refractivity contribution in [2.75, 3.05) is 39.4 Å². The van der Waals surface area contributed by atoms with E-state index < -0.39 is 0 Å². The zero-order chi connectivity index (χ0) is 17.3. The monoisotopic (exact) mass is 348 g/mol. The number of carbonyl (C=O) groups is 1. The molecule has 7 heteroatoms. The van der Waals surface area contributed by atoms with Crippen molar-refractivity contribution in [3.8, 4) is 0 Å². The summed E-state index contributed by atoms with van der Waals surface area (Å²) in [5.74, 6) is 1.83. The molecule has 138 valence electrons. The van der Waals surface area contributed by atoms with Crippen LogP contribution >= 0.6 is 0 Å². The Bertz CT molecular complexity index is 605. The van der Waals surface area contributed by atoms with Crippen LogP contribution in [0.5, 0.6) is 0 Å². The minimum atomic E-state index is -0.318. The molecule has 0 bridgehead atoms. The van der Waals surface area contributed by atoms with Crippen LogP contribution in [0.3, 0.4) is 0 Å². The van der Waals surface area contributed by atoms with E-state index in [-0.39, 0.29) is 11.5 Å². The third kappa shape index (κ3) is 3.19. The van der Waals surface area contributed by atoms with Crippen molar-refractivity contribution in [3.05, 3.63) is 11.7 Å². The highest BCUT2D eigenvalue weighted by Crippen LogP contribution is 2.38. The maximum absolute atomic E-state index is 13.6. The van der Waals surface area contributed by atoms with E-state index in [1.54, 1.807) is 0 Å². The number of hydrogen-bond donors (Lipinski definition) is 0. The van der Waals surface area contributed by atoms with Gasteiger partial charge in [0, 0.05) is 26.2 Å². The van der Waals surface area contributed by atoms with Gasteiger partial charge in [-0.25, -0.2) is 0 Å². The summed E-state index contributed by atoms with van der Waals surface area (Å²) in [7, 11) is 0. The van der Waals surface area contributed by atoms with E-state index in [1.165, 1.54) is 6.42 Å². The van der Waals surface area contributed by atoms with Crippen LogP contribution in [-0.4, -0.2) is 70.8 Å². The SMILES string of the molecule is Cc1noc([C@H]2CCN(C(=O)C3(N4CCOCC4)CCCCC3)C2)n1. The van der Waals surface area contributed by atoms with E-state index in [1.807, 2.05) is 11.8 Å². The van der Waals surface area contributed by atoms with Crippen LogP contribution in [-0.2, 0) is 9.53 Å². The van der Waals surface area contributed by atoms with E-state index in [0.717, 1.165) is 65.0 Å². The molecular weight excluding hydrogens is 320 g/mol. The summed E-state index contributed by atoms with van der Waals surface area (Å²) >= 11 is 0. The smallest absolute Gasteiger partial charge is 0.243 e. The Morgan fingerprint density at radius 1 is 1.16 bits per heavy atom. The molecule has 3 aliphatic rings. The number of hydrogen-bond acceptors (Lipinski definition) is 6. The molecule has 0 unspecified atom stereocenters. The Balaban J connectivity index is 1.50. The van der Waals surface area contributed by atoms with Crippen LogP contribution < -0.4 is 0 Å². The highest BCUT2D eigenvalue weighted by Gasteiger charge is 2.48. The first-order chi connectivity index (χ1) is 12.2. The highest BCUT2D eigenvalue weighted by atomic mass is 16.5. The lowest BCUT2D eigenvalue weighted by Crippen LogP contribution is -2.62. The molecule has 1 aliphatic carbocycles. The summed E-state index contributed by atoms with van der Waals surface area (Å²) in [5.41, 5.74) is -0.318. The molecule has 0 aromatic carbocycles.